The van der Waals surface area contributed by atoms with Gasteiger partial charge < -0.3 is 10.2 Å². The Morgan fingerprint density at radius 3 is 2.38 bits per heavy atom. The van der Waals surface area contributed by atoms with E-state index in [1.54, 1.807) is 0 Å². The van der Waals surface area contributed by atoms with Crippen LogP contribution in [0.2, 0.25) is 0 Å². The molecule has 1 N–H and O–H groups in total. The number of aryl methyl sites for hydroxylation is 3. The number of hydrogen-bond donors (Lipinski definition) is 1. The van der Waals surface area contributed by atoms with E-state index in [0.717, 1.165) is 59.7 Å². The summed E-state index contributed by atoms with van der Waals surface area (Å²) in [6, 6.07) is 16.6. The van der Waals surface area contributed by atoms with Crippen LogP contribution >= 0.6 is 0 Å². The predicted octanol–water partition coefficient (Wildman–Crippen LogP) is 3.92. The summed E-state index contributed by atoms with van der Waals surface area (Å²) in [5.74, 6) is 1.07. The summed E-state index contributed by atoms with van der Waals surface area (Å²) in [7, 11) is 0. The van der Waals surface area contributed by atoms with Crippen molar-refractivity contribution in [1.29, 1.82) is 0 Å². The fourth-order valence-corrected chi connectivity index (χ4v) is 4.13. The molecule has 1 aliphatic heterocycles. The van der Waals surface area contributed by atoms with Gasteiger partial charge in [-0.05, 0) is 50.1 Å². The number of carbonyl (C=O) groups excluding carboxylic acids is 1. The molecule has 5 nitrogen and oxygen atoms in total. The van der Waals surface area contributed by atoms with Gasteiger partial charge in [-0.2, -0.15) is 0 Å². The second kappa shape index (κ2) is 8.21. The first-order chi connectivity index (χ1) is 14.0. The monoisotopic (exact) mass is 388 g/mol. The summed E-state index contributed by atoms with van der Waals surface area (Å²) in [5, 5.41) is 4.27. The minimum absolute atomic E-state index is 0.0531. The van der Waals surface area contributed by atoms with Gasteiger partial charge in [0.05, 0.1) is 12.1 Å². The molecule has 0 spiro atoms. The highest BCUT2D eigenvalue weighted by atomic mass is 16.2. The smallest absolute Gasteiger partial charge is 0.238 e. The number of aromatic nitrogens is 1. The SMILES string of the molecule is Cc1cc(C)c(NC(=O)CN2CCN(c3ccc4ccccc4n3)CC2)c(C)c1. The van der Waals surface area contributed by atoms with Gasteiger partial charge in [0, 0.05) is 37.3 Å². The lowest BCUT2D eigenvalue weighted by Crippen LogP contribution is -2.49. The zero-order valence-electron chi connectivity index (χ0n) is 17.4. The van der Waals surface area contributed by atoms with Crippen LogP contribution in [0.25, 0.3) is 10.9 Å². The summed E-state index contributed by atoms with van der Waals surface area (Å²) in [4.78, 5) is 21.9. The number of carbonyl (C=O) groups is 1. The van der Waals surface area contributed by atoms with E-state index in [2.05, 4.69) is 58.4 Å². The van der Waals surface area contributed by atoms with Crippen LogP contribution < -0.4 is 10.2 Å². The third kappa shape index (κ3) is 4.40. The highest BCUT2D eigenvalue weighted by Crippen LogP contribution is 2.22. The number of amides is 1. The van der Waals surface area contributed by atoms with Crippen molar-refractivity contribution >= 4 is 28.3 Å². The van der Waals surface area contributed by atoms with Gasteiger partial charge in [-0.25, -0.2) is 4.98 Å². The van der Waals surface area contributed by atoms with Gasteiger partial charge in [0.25, 0.3) is 0 Å². The van der Waals surface area contributed by atoms with Crippen LogP contribution in [0.1, 0.15) is 16.7 Å². The number of rotatable bonds is 4. The zero-order valence-corrected chi connectivity index (χ0v) is 17.4. The minimum Gasteiger partial charge on any atom is -0.354 e. The number of nitrogens with zero attached hydrogens (tertiary/aromatic N) is 3. The van der Waals surface area contributed by atoms with E-state index in [9.17, 15) is 4.79 Å². The molecule has 2 heterocycles. The van der Waals surface area contributed by atoms with Crippen molar-refractivity contribution in [3.05, 3.63) is 65.2 Å². The van der Waals surface area contributed by atoms with Crippen molar-refractivity contribution < 1.29 is 4.79 Å². The molecule has 0 unspecified atom stereocenters. The molecular formula is C24H28N4O. The first-order valence-corrected chi connectivity index (χ1v) is 10.2. The standard InChI is InChI=1S/C24H28N4O/c1-17-14-18(2)24(19(3)15-17)26-23(29)16-27-10-12-28(13-11-27)22-9-8-20-6-4-5-7-21(20)25-22/h4-9,14-15H,10-13,16H2,1-3H3,(H,26,29). The lowest BCUT2D eigenvalue weighted by Gasteiger charge is -2.35. The number of para-hydroxylation sites is 1. The molecule has 3 aromatic rings. The first kappa shape index (κ1) is 19.4. The molecule has 29 heavy (non-hydrogen) atoms. The first-order valence-electron chi connectivity index (χ1n) is 10.2. The fourth-order valence-electron chi connectivity index (χ4n) is 4.13. The molecule has 1 fully saturated rings. The van der Waals surface area contributed by atoms with Gasteiger partial charge in [-0.3, -0.25) is 9.69 Å². The Morgan fingerprint density at radius 2 is 1.66 bits per heavy atom. The normalized spacial score (nSPS) is 14.9. The molecular weight excluding hydrogens is 360 g/mol. The maximum absolute atomic E-state index is 12.6. The second-order valence-corrected chi connectivity index (χ2v) is 7.95. The number of fused-ring (bicyclic) bond motifs is 1. The minimum atomic E-state index is 0.0531. The molecule has 5 heteroatoms. The highest BCUT2D eigenvalue weighted by Gasteiger charge is 2.20. The number of benzene rings is 2. The van der Waals surface area contributed by atoms with Crippen molar-refractivity contribution in [1.82, 2.24) is 9.88 Å². The van der Waals surface area contributed by atoms with Gasteiger partial charge in [0.15, 0.2) is 0 Å². The van der Waals surface area contributed by atoms with Crippen LogP contribution in [-0.4, -0.2) is 48.5 Å². The third-order valence-corrected chi connectivity index (χ3v) is 5.59. The fraction of sp³-hybridized carbons (Fsp3) is 0.333. The van der Waals surface area contributed by atoms with Crippen LogP contribution in [0.3, 0.4) is 0 Å². The van der Waals surface area contributed by atoms with Gasteiger partial charge in [-0.15, -0.1) is 0 Å². The van der Waals surface area contributed by atoms with Crippen LogP contribution in [0.15, 0.2) is 48.5 Å². The van der Waals surface area contributed by atoms with E-state index >= 15 is 0 Å². The summed E-state index contributed by atoms with van der Waals surface area (Å²) in [6.07, 6.45) is 0. The quantitative estimate of drug-likeness (QED) is 0.736. The average molecular weight is 389 g/mol. The maximum Gasteiger partial charge on any atom is 0.238 e. The third-order valence-electron chi connectivity index (χ3n) is 5.59. The number of pyridine rings is 1. The van der Waals surface area contributed by atoms with Gasteiger partial charge in [-0.1, -0.05) is 35.9 Å². The zero-order chi connectivity index (χ0) is 20.4. The van der Waals surface area contributed by atoms with E-state index in [0.29, 0.717) is 6.54 Å². The number of hydrogen-bond acceptors (Lipinski definition) is 4. The van der Waals surface area contributed by atoms with Crippen molar-refractivity contribution in [2.24, 2.45) is 0 Å². The van der Waals surface area contributed by atoms with Gasteiger partial charge in [0.1, 0.15) is 5.82 Å². The molecule has 1 aromatic heterocycles. The molecule has 1 amide bonds. The lowest BCUT2D eigenvalue weighted by molar-refractivity contribution is -0.117. The Morgan fingerprint density at radius 1 is 0.966 bits per heavy atom. The largest absolute Gasteiger partial charge is 0.354 e. The number of piperazine rings is 1. The number of nitrogens with one attached hydrogen (secondary N) is 1. The molecule has 0 atom stereocenters. The van der Waals surface area contributed by atoms with Gasteiger partial charge in [0.2, 0.25) is 5.91 Å². The predicted molar refractivity (Wildman–Crippen MR) is 120 cm³/mol. The average Bonchev–Trinajstić information content (AvgIpc) is 2.71. The Balaban J connectivity index is 1.34. The molecule has 1 saturated heterocycles. The summed E-state index contributed by atoms with van der Waals surface area (Å²) >= 11 is 0. The van der Waals surface area contributed by atoms with E-state index in [4.69, 9.17) is 4.98 Å². The molecule has 0 radical (unpaired) electrons. The Labute approximate surface area is 172 Å². The van der Waals surface area contributed by atoms with Crippen molar-refractivity contribution in [3.63, 3.8) is 0 Å². The Bertz CT molecular complexity index is 1010. The second-order valence-electron chi connectivity index (χ2n) is 7.95. The molecule has 1 aliphatic rings. The van der Waals surface area contributed by atoms with E-state index in [-0.39, 0.29) is 5.91 Å². The lowest BCUT2D eigenvalue weighted by atomic mass is 10.1. The summed E-state index contributed by atoms with van der Waals surface area (Å²) in [6.45, 7) is 10.1. The number of anilines is 2. The Hall–Kier alpha value is -2.92. The maximum atomic E-state index is 12.6. The molecule has 150 valence electrons. The van der Waals surface area contributed by atoms with Crippen molar-refractivity contribution in [2.75, 3.05) is 42.9 Å². The van der Waals surface area contributed by atoms with Crippen molar-refractivity contribution in [3.8, 4) is 0 Å². The summed E-state index contributed by atoms with van der Waals surface area (Å²) < 4.78 is 0. The van der Waals surface area contributed by atoms with E-state index in [1.165, 1.54) is 5.56 Å². The molecule has 0 saturated carbocycles. The Kier molecular flexibility index (Phi) is 5.49. The van der Waals surface area contributed by atoms with Crippen LogP contribution in [0.4, 0.5) is 11.5 Å². The highest BCUT2D eigenvalue weighted by molar-refractivity contribution is 5.93. The van der Waals surface area contributed by atoms with E-state index in [1.807, 2.05) is 26.0 Å². The van der Waals surface area contributed by atoms with Crippen LogP contribution in [0.5, 0.6) is 0 Å². The molecule has 4 rings (SSSR count). The van der Waals surface area contributed by atoms with Gasteiger partial charge >= 0.3 is 0 Å². The summed E-state index contributed by atoms with van der Waals surface area (Å²) in [5.41, 5.74) is 5.41. The molecule has 0 bridgehead atoms. The van der Waals surface area contributed by atoms with Crippen LogP contribution in [-0.2, 0) is 4.79 Å². The van der Waals surface area contributed by atoms with E-state index < -0.39 is 0 Å². The van der Waals surface area contributed by atoms with Crippen molar-refractivity contribution in [2.45, 2.75) is 20.8 Å². The molecule has 2 aromatic carbocycles. The topological polar surface area (TPSA) is 48.5 Å². The van der Waals surface area contributed by atoms with Crippen LogP contribution in [0, 0.1) is 20.8 Å². The molecule has 0 aliphatic carbocycles.